The van der Waals surface area contributed by atoms with Crippen molar-refractivity contribution in [2.45, 2.75) is 19.0 Å². The molecule has 0 saturated heterocycles. The molecule has 3 aromatic rings. The first-order valence-electron chi connectivity index (χ1n) is 9.27. The van der Waals surface area contributed by atoms with Crippen molar-refractivity contribution in [2.75, 3.05) is 0 Å². The summed E-state index contributed by atoms with van der Waals surface area (Å²) >= 11 is 5.74. The molecule has 1 aromatic heterocycles. The fourth-order valence-electron chi connectivity index (χ4n) is 2.74. The van der Waals surface area contributed by atoms with Crippen LogP contribution in [0, 0.1) is 21.7 Å². The molecule has 1 unspecified atom stereocenters. The highest BCUT2D eigenvalue weighted by Crippen LogP contribution is 2.23. The zero-order valence-corrected chi connectivity index (χ0v) is 17.2. The third-order valence-electron chi connectivity index (χ3n) is 4.45. The van der Waals surface area contributed by atoms with Gasteiger partial charge in [-0.15, -0.1) is 0 Å². The lowest BCUT2D eigenvalue weighted by molar-refractivity contribution is -0.385. The molecular formula is C21H17ClF2N4O4. The van der Waals surface area contributed by atoms with Crippen molar-refractivity contribution in [3.05, 3.63) is 92.6 Å². The summed E-state index contributed by atoms with van der Waals surface area (Å²) in [7, 11) is 0. The molecule has 0 fully saturated rings. The number of carbonyl (C=O) groups excluding carboxylic acids is 1. The maximum Gasteiger partial charge on any atom is 0.287 e. The van der Waals surface area contributed by atoms with E-state index >= 15 is 0 Å². The molecule has 1 amide bonds. The van der Waals surface area contributed by atoms with Gasteiger partial charge in [0.25, 0.3) is 5.69 Å². The first kappa shape index (κ1) is 23.0. The summed E-state index contributed by atoms with van der Waals surface area (Å²) < 4.78 is 32.8. The van der Waals surface area contributed by atoms with E-state index in [9.17, 15) is 23.7 Å². The number of ether oxygens (including phenoxy) is 1. The molecule has 0 spiro atoms. The van der Waals surface area contributed by atoms with E-state index in [4.69, 9.17) is 22.1 Å². The predicted octanol–water partition coefficient (Wildman–Crippen LogP) is 3.90. The Hall–Kier alpha value is -3.63. The molecule has 1 atom stereocenters. The average molecular weight is 463 g/mol. The van der Waals surface area contributed by atoms with Crippen molar-refractivity contribution in [3.63, 3.8) is 0 Å². The van der Waals surface area contributed by atoms with Crippen molar-refractivity contribution >= 4 is 23.2 Å². The Morgan fingerprint density at radius 3 is 2.47 bits per heavy atom. The highest BCUT2D eigenvalue weighted by molar-refractivity contribution is 6.31. The van der Waals surface area contributed by atoms with Gasteiger partial charge < -0.3 is 15.8 Å². The molecule has 0 aliphatic rings. The molecule has 0 saturated carbocycles. The number of halogens is 3. The van der Waals surface area contributed by atoms with Gasteiger partial charge in [-0.3, -0.25) is 14.9 Å². The van der Waals surface area contributed by atoms with Crippen LogP contribution in [-0.4, -0.2) is 21.9 Å². The Morgan fingerprint density at radius 2 is 1.84 bits per heavy atom. The second-order valence-corrected chi connectivity index (χ2v) is 7.09. The predicted molar refractivity (Wildman–Crippen MR) is 112 cm³/mol. The summed E-state index contributed by atoms with van der Waals surface area (Å²) in [6.07, 6.45) is 1.27. The largest absolute Gasteiger partial charge is 0.439 e. The molecule has 0 radical (unpaired) electrons. The molecule has 166 valence electrons. The SMILES string of the molecule is NC(Cc1ccc(Oc2ccc([N+](=O)[O-])cn2)cc1)C(=O)NCc1c(F)ccc(F)c1Cl. The lowest BCUT2D eigenvalue weighted by atomic mass is 10.1. The minimum absolute atomic E-state index is 0.151. The van der Waals surface area contributed by atoms with Gasteiger partial charge in [-0.25, -0.2) is 13.8 Å². The molecule has 0 aliphatic carbocycles. The second kappa shape index (κ2) is 10.1. The van der Waals surface area contributed by atoms with E-state index in [0.717, 1.165) is 23.9 Å². The van der Waals surface area contributed by atoms with Gasteiger partial charge in [-0.05, 0) is 36.2 Å². The summed E-state index contributed by atoms with van der Waals surface area (Å²) in [6, 6.07) is 10.2. The Balaban J connectivity index is 1.55. The van der Waals surface area contributed by atoms with Crippen molar-refractivity contribution in [2.24, 2.45) is 5.73 Å². The standard InChI is InChI=1S/C21H17ClF2N4O4/c22-20-15(16(23)6-7-17(20)24)11-27-21(29)18(25)9-12-1-4-14(5-2-12)32-19-8-3-13(10-26-19)28(30)31/h1-8,10,18H,9,11,25H2,(H,27,29). The first-order chi connectivity index (χ1) is 15.2. The summed E-state index contributed by atoms with van der Waals surface area (Å²) in [4.78, 5) is 26.2. The highest BCUT2D eigenvalue weighted by Gasteiger charge is 2.17. The van der Waals surface area contributed by atoms with Crippen molar-refractivity contribution < 1.29 is 23.2 Å². The molecule has 1 heterocycles. The fraction of sp³-hybridized carbons (Fsp3) is 0.143. The van der Waals surface area contributed by atoms with Crippen LogP contribution >= 0.6 is 11.6 Å². The molecule has 3 rings (SSSR count). The Labute approximate surface area is 186 Å². The van der Waals surface area contributed by atoms with Gasteiger partial charge in [0, 0.05) is 24.2 Å². The Kier molecular flexibility index (Phi) is 7.29. The number of rotatable bonds is 8. The van der Waals surface area contributed by atoms with Crippen molar-refractivity contribution in [1.29, 1.82) is 0 Å². The fourth-order valence-corrected chi connectivity index (χ4v) is 2.96. The van der Waals surface area contributed by atoms with E-state index in [1.165, 1.54) is 12.1 Å². The molecule has 2 aromatic carbocycles. The maximum absolute atomic E-state index is 13.8. The van der Waals surface area contributed by atoms with Gasteiger partial charge in [0.05, 0.1) is 16.0 Å². The maximum atomic E-state index is 13.8. The number of amides is 1. The number of pyridine rings is 1. The van der Waals surface area contributed by atoms with E-state index < -0.39 is 33.5 Å². The highest BCUT2D eigenvalue weighted by atomic mass is 35.5. The number of nitrogens with zero attached hydrogens (tertiary/aromatic N) is 2. The first-order valence-corrected chi connectivity index (χ1v) is 9.65. The van der Waals surface area contributed by atoms with E-state index in [-0.39, 0.29) is 30.1 Å². The molecule has 8 nitrogen and oxygen atoms in total. The van der Waals surface area contributed by atoms with Crippen LogP contribution in [0.15, 0.2) is 54.7 Å². The smallest absolute Gasteiger partial charge is 0.287 e. The van der Waals surface area contributed by atoms with E-state index in [1.54, 1.807) is 24.3 Å². The number of nitrogens with two attached hydrogens (primary N) is 1. The minimum Gasteiger partial charge on any atom is -0.439 e. The van der Waals surface area contributed by atoms with Gasteiger partial charge >= 0.3 is 0 Å². The Morgan fingerprint density at radius 1 is 1.16 bits per heavy atom. The molecule has 32 heavy (non-hydrogen) atoms. The van der Waals surface area contributed by atoms with Crippen LogP contribution in [0.2, 0.25) is 5.02 Å². The summed E-state index contributed by atoms with van der Waals surface area (Å²) in [5.41, 5.74) is 6.33. The normalized spacial score (nSPS) is 11.6. The third-order valence-corrected chi connectivity index (χ3v) is 4.86. The zero-order chi connectivity index (χ0) is 23.3. The summed E-state index contributed by atoms with van der Waals surface area (Å²) in [5.74, 6) is -1.46. The van der Waals surface area contributed by atoms with E-state index in [0.29, 0.717) is 5.75 Å². The van der Waals surface area contributed by atoms with Crippen molar-refractivity contribution in [1.82, 2.24) is 10.3 Å². The number of nitro groups is 1. The Bertz CT molecular complexity index is 1130. The number of aromatic nitrogens is 1. The lowest BCUT2D eigenvalue weighted by Crippen LogP contribution is -2.41. The van der Waals surface area contributed by atoms with Crippen LogP contribution < -0.4 is 15.8 Å². The van der Waals surface area contributed by atoms with Gasteiger partial charge in [0.15, 0.2) is 0 Å². The third kappa shape index (κ3) is 5.74. The number of hydrogen-bond acceptors (Lipinski definition) is 6. The zero-order valence-electron chi connectivity index (χ0n) is 16.4. The molecule has 0 bridgehead atoms. The number of carbonyl (C=O) groups is 1. The van der Waals surface area contributed by atoms with Crippen LogP contribution in [0.5, 0.6) is 11.6 Å². The van der Waals surface area contributed by atoms with Crippen LogP contribution in [0.25, 0.3) is 0 Å². The monoisotopic (exact) mass is 462 g/mol. The van der Waals surface area contributed by atoms with Crippen LogP contribution in [-0.2, 0) is 17.8 Å². The second-order valence-electron chi connectivity index (χ2n) is 6.71. The van der Waals surface area contributed by atoms with Crippen LogP contribution in [0.3, 0.4) is 0 Å². The van der Waals surface area contributed by atoms with Crippen molar-refractivity contribution in [3.8, 4) is 11.6 Å². The molecule has 3 N–H and O–H groups in total. The average Bonchev–Trinajstić information content (AvgIpc) is 2.78. The summed E-state index contributed by atoms with van der Waals surface area (Å²) in [5, 5.41) is 12.7. The molecule has 11 heteroatoms. The van der Waals surface area contributed by atoms with Crippen LogP contribution in [0.4, 0.5) is 14.5 Å². The van der Waals surface area contributed by atoms with E-state index in [1.807, 2.05) is 0 Å². The summed E-state index contributed by atoms with van der Waals surface area (Å²) in [6.45, 7) is -0.302. The minimum atomic E-state index is -0.937. The lowest BCUT2D eigenvalue weighted by Gasteiger charge is -2.14. The number of benzene rings is 2. The topological polar surface area (TPSA) is 120 Å². The van der Waals surface area contributed by atoms with Gasteiger partial charge in [-0.2, -0.15) is 0 Å². The number of hydrogen-bond donors (Lipinski definition) is 2. The van der Waals surface area contributed by atoms with Gasteiger partial charge in [0.2, 0.25) is 11.8 Å². The van der Waals surface area contributed by atoms with Crippen LogP contribution in [0.1, 0.15) is 11.1 Å². The van der Waals surface area contributed by atoms with E-state index in [2.05, 4.69) is 10.3 Å². The van der Waals surface area contributed by atoms with Gasteiger partial charge in [-0.1, -0.05) is 23.7 Å². The van der Waals surface area contributed by atoms with Gasteiger partial charge in [0.1, 0.15) is 23.6 Å². The molecular weight excluding hydrogens is 446 g/mol. The molecule has 0 aliphatic heterocycles. The number of nitrogens with one attached hydrogen (secondary N) is 1. The quantitative estimate of drug-likeness (QED) is 0.297.